The van der Waals surface area contributed by atoms with Gasteiger partial charge in [0.15, 0.2) is 0 Å². The molecule has 0 aromatic rings. The number of carbonyl (C=O) groups is 2. The van der Waals surface area contributed by atoms with Gasteiger partial charge in [-0.2, -0.15) is 0 Å². The van der Waals surface area contributed by atoms with Crippen LogP contribution < -0.4 is 0 Å². The molecule has 0 atom stereocenters. The lowest BCUT2D eigenvalue weighted by Crippen LogP contribution is -2.54. The van der Waals surface area contributed by atoms with Gasteiger partial charge in [-0.25, -0.2) is 0 Å². The van der Waals surface area contributed by atoms with Crippen LogP contribution >= 0.6 is 0 Å². The van der Waals surface area contributed by atoms with E-state index in [9.17, 15) is 9.59 Å². The largest absolute Gasteiger partial charge is 0.481 e. The normalized spacial score (nSPS) is 17.8. The van der Waals surface area contributed by atoms with Crippen molar-refractivity contribution in [2.24, 2.45) is 0 Å². The summed E-state index contributed by atoms with van der Waals surface area (Å²) in [7, 11) is 0. The Morgan fingerprint density at radius 1 is 1.06 bits per heavy atom. The lowest BCUT2D eigenvalue weighted by molar-refractivity contribution is -0.137. The Balaban J connectivity index is 2.30. The highest BCUT2D eigenvalue weighted by molar-refractivity contribution is 5.77. The SMILES string of the molecule is CC(C)(C)N1CCN(C(=O)CCCC(=O)O)CC1. The minimum absolute atomic E-state index is 0.0771. The third-order valence-electron chi connectivity index (χ3n) is 3.36. The number of amides is 1. The topological polar surface area (TPSA) is 60.9 Å². The first kappa shape index (κ1) is 15.0. The molecule has 0 aromatic heterocycles. The van der Waals surface area contributed by atoms with E-state index in [0.717, 1.165) is 26.2 Å². The fraction of sp³-hybridized carbons (Fsp3) is 0.846. The van der Waals surface area contributed by atoms with Crippen molar-refractivity contribution in [3.05, 3.63) is 0 Å². The minimum atomic E-state index is -0.833. The van der Waals surface area contributed by atoms with Crippen molar-refractivity contribution in [3.63, 3.8) is 0 Å². The molecule has 1 aliphatic heterocycles. The van der Waals surface area contributed by atoms with E-state index in [1.165, 1.54) is 0 Å². The molecule has 1 rings (SSSR count). The number of piperazine rings is 1. The second-order valence-corrected chi connectivity index (χ2v) is 5.79. The van der Waals surface area contributed by atoms with Crippen LogP contribution in [-0.2, 0) is 9.59 Å². The molecule has 0 aliphatic carbocycles. The summed E-state index contributed by atoms with van der Waals surface area (Å²) in [5, 5.41) is 8.53. The van der Waals surface area contributed by atoms with Gasteiger partial charge in [0.05, 0.1) is 0 Å². The Labute approximate surface area is 109 Å². The van der Waals surface area contributed by atoms with E-state index in [-0.39, 0.29) is 17.9 Å². The standard InChI is InChI=1S/C13H24N2O3/c1-13(2,3)15-9-7-14(8-10-15)11(16)5-4-6-12(17)18/h4-10H2,1-3H3,(H,17,18). The molecule has 1 aliphatic rings. The van der Waals surface area contributed by atoms with Crippen LogP contribution in [0.1, 0.15) is 40.0 Å². The maximum Gasteiger partial charge on any atom is 0.303 e. The average Bonchev–Trinajstić information content (AvgIpc) is 2.27. The first-order valence-corrected chi connectivity index (χ1v) is 6.55. The molecular weight excluding hydrogens is 232 g/mol. The van der Waals surface area contributed by atoms with Crippen LogP contribution in [0.15, 0.2) is 0 Å². The number of hydrogen-bond acceptors (Lipinski definition) is 3. The van der Waals surface area contributed by atoms with Crippen LogP contribution in [0.5, 0.6) is 0 Å². The zero-order valence-electron chi connectivity index (χ0n) is 11.6. The van der Waals surface area contributed by atoms with Crippen molar-refractivity contribution in [2.45, 2.75) is 45.6 Å². The predicted octanol–water partition coefficient (Wildman–Crippen LogP) is 1.18. The molecule has 0 spiro atoms. The fourth-order valence-electron chi connectivity index (χ4n) is 2.18. The van der Waals surface area contributed by atoms with Crippen molar-refractivity contribution in [3.8, 4) is 0 Å². The number of hydrogen-bond donors (Lipinski definition) is 1. The molecule has 1 N–H and O–H groups in total. The third-order valence-corrected chi connectivity index (χ3v) is 3.36. The van der Waals surface area contributed by atoms with E-state index in [1.54, 1.807) is 0 Å². The van der Waals surface area contributed by atoms with Crippen molar-refractivity contribution < 1.29 is 14.7 Å². The summed E-state index contributed by atoms with van der Waals surface area (Å²) < 4.78 is 0. The maximum atomic E-state index is 11.9. The number of carboxylic acids is 1. The molecule has 0 aromatic carbocycles. The van der Waals surface area contributed by atoms with E-state index in [1.807, 2.05) is 4.90 Å². The highest BCUT2D eigenvalue weighted by Crippen LogP contribution is 2.16. The molecule has 0 radical (unpaired) electrons. The maximum absolute atomic E-state index is 11.9. The summed E-state index contributed by atoms with van der Waals surface area (Å²) >= 11 is 0. The summed E-state index contributed by atoms with van der Waals surface area (Å²) in [5.74, 6) is -0.745. The van der Waals surface area contributed by atoms with Gasteiger partial charge in [0.25, 0.3) is 0 Å². The second-order valence-electron chi connectivity index (χ2n) is 5.79. The highest BCUT2D eigenvalue weighted by atomic mass is 16.4. The zero-order valence-corrected chi connectivity index (χ0v) is 11.6. The first-order valence-electron chi connectivity index (χ1n) is 6.55. The van der Waals surface area contributed by atoms with E-state index in [0.29, 0.717) is 12.8 Å². The number of aliphatic carboxylic acids is 1. The van der Waals surface area contributed by atoms with Gasteiger partial charge >= 0.3 is 5.97 Å². The Kier molecular flexibility index (Phi) is 5.14. The minimum Gasteiger partial charge on any atom is -0.481 e. The molecule has 0 bridgehead atoms. The van der Waals surface area contributed by atoms with Crippen molar-refractivity contribution >= 4 is 11.9 Å². The van der Waals surface area contributed by atoms with Crippen LogP contribution in [0.3, 0.4) is 0 Å². The average molecular weight is 256 g/mol. The van der Waals surface area contributed by atoms with Gasteiger partial charge in [-0.15, -0.1) is 0 Å². The van der Waals surface area contributed by atoms with E-state index in [4.69, 9.17) is 5.11 Å². The third kappa shape index (κ3) is 4.64. The Bertz CT molecular complexity index is 302. The first-order chi connectivity index (χ1) is 8.30. The predicted molar refractivity (Wildman–Crippen MR) is 69.4 cm³/mol. The molecule has 0 saturated carbocycles. The molecule has 1 amide bonds. The number of carboxylic acid groups (broad SMARTS) is 1. The Morgan fingerprint density at radius 3 is 2.06 bits per heavy atom. The molecule has 0 unspecified atom stereocenters. The molecule has 5 nitrogen and oxygen atoms in total. The van der Waals surface area contributed by atoms with E-state index < -0.39 is 5.97 Å². The van der Waals surface area contributed by atoms with E-state index >= 15 is 0 Å². The van der Waals surface area contributed by atoms with Crippen LogP contribution in [-0.4, -0.2) is 58.5 Å². The van der Waals surface area contributed by atoms with Gasteiger partial charge in [-0.1, -0.05) is 0 Å². The van der Waals surface area contributed by atoms with Crippen LogP contribution in [0.25, 0.3) is 0 Å². The summed E-state index contributed by atoms with van der Waals surface area (Å²) in [5.41, 5.74) is 0.151. The summed E-state index contributed by atoms with van der Waals surface area (Å²) in [4.78, 5) is 26.4. The lowest BCUT2D eigenvalue weighted by Gasteiger charge is -2.42. The van der Waals surface area contributed by atoms with Gasteiger partial charge in [0.1, 0.15) is 0 Å². The highest BCUT2D eigenvalue weighted by Gasteiger charge is 2.27. The number of carbonyl (C=O) groups excluding carboxylic acids is 1. The van der Waals surface area contributed by atoms with Crippen LogP contribution in [0.2, 0.25) is 0 Å². The summed E-state index contributed by atoms with van der Waals surface area (Å²) in [6.45, 7) is 9.83. The molecule has 1 fully saturated rings. The van der Waals surface area contributed by atoms with Gasteiger partial charge in [0, 0.05) is 44.6 Å². The Morgan fingerprint density at radius 2 is 1.61 bits per heavy atom. The molecule has 104 valence electrons. The number of rotatable bonds is 4. The van der Waals surface area contributed by atoms with Gasteiger partial charge in [-0.05, 0) is 27.2 Å². The van der Waals surface area contributed by atoms with Crippen LogP contribution in [0, 0.1) is 0 Å². The molecular formula is C13H24N2O3. The summed E-state index contributed by atoms with van der Waals surface area (Å²) in [6, 6.07) is 0. The van der Waals surface area contributed by atoms with Gasteiger partial charge < -0.3 is 10.0 Å². The van der Waals surface area contributed by atoms with Crippen molar-refractivity contribution in [1.29, 1.82) is 0 Å². The van der Waals surface area contributed by atoms with Crippen LogP contribution in [0.4, 0.5) is 0 Å². The van der Waals surface area contributed by atoms with Crippen molar-refractivity contribution in [2.75, 3.05) is 26.2 Å². The number of nitrogens with zero attached hydrogens (tertiary/aromatic N) is 2. The Hall–Kier alpha value is -1.10. The van der Waals surface area contributed by atoms with Gasteiger partial charge in [0.2, 0.25) is 5.91 Å². The summed E-state index contributed by atoms with van der Waals surface area (Å²) in [6.07, 6.45) is 0.864. The zero-order chi connectivity index (χ0) is 13.8. The smallest absolute Gasteiger partial charge is 0.303 e. The second kappa shape index (κ2) is 6.18. The molecule has 18 heavy (non-hydrogen) atoms. The quantitative estimate of drug-likeness (QED) is 0.820. The molecule has 5 heteroatoms. The van der Waals surface area contributed by atoms with Gasteiger partial charge in [-0.3, -0.25) is 14.5 Å². The fourth-order valence-corrected chi connectivity index (χ4v) is 2.18. The van der Waals surface area contributed by atoms with E-state index in [2.05, 4.69) is 25.7 Å². The lowest BCUT2D eigenvalue weighted by atomic mass is 10.0. The monoisotopic (exact) mass is 256 g/mol. The molecule has 1 saturated heterocycles. The molecule has 1 heterocycles. The van der Waals surface area contributed by atoms with Crippen molar-refractivity contribution in [1.82, 2.24) is 9.80 Å².